The number of pyridine rings is 1. The van der Waals surface area contributed by atoms with Gasteiger partial charge in [0, 0.05) is 47.9 Å². The van der Waals surface area contributed by atoms with E-state index in [4.69, 9.17) is 15.9 Å². The molecule has 35 heavy (non-hydrogen) atoms. The number of nitrogens with zero attached hydrogens (tertiary/aromatic N) is 3. The maximum atomic E-state index is 14.3. The molecule has 1 aromatic carbocycles. The van der Waals surface area contributed by atoms with Crippen molar-refractivity contribution in [2.75, 3.05) is 12.3 Å². The Hall–Kier alpha value is -3.82. The fraction of sp³-hybridized carbons (Fsp3) is 0.320. The number of hydrogen-bond acceptors (Lipinski definition) is 6. The molecular formula is C25H25F3N6O. The summed E-state index contributed by atoms with van der Waals surface area (Å²) >= 11 is 0. The fourth-order valence-electron chi connectivity index (χ4n) is 4.24. The van der Waals surface area contributed by atoms with E-state index >= 15 is 0 Å². The molecule has 3 heterocycles. The van der Waals surface area contributed by atoms with Gasteiger partial charge in [-0.25, -0.2) is 22.8 Å². The average Bonchev–Trinajstić information content (AvgIpc) is 3.56. The first-order valence-corrected chi connectivity index (χ1v) is 11.4. The summed E-state index contributed by atoms with van der Waals surface area (Å²) < 4.78 is 49.1. The van der Waals surface area contributed by atoms with Gasteiger partial charge in [0.2, 0.25) is 0 Å². The maximum Gasteiger partial charge on any atom is 0.282 e. The minimum Gasteiger partial charge on any atom is -0.482 e. The normalized spacial score (nSPS) is 19.7. The topological polar surface area (TPSA) is 102 Å². The van der Waals surface area contributed by atoms with Crippen LogP contribution in [0.5, 0.6) is 5.75 Å². The van der Waals surface area contributed by atoms with E-state index in [2.05, 4.69) is 15.4 Å². The summed E-state index contributed by atoms with van der Waals surface area (Å²) in [6, 6.07) is 7.09. The Balaban J connectivity index is 1.75. The number of nitrogens with one attached hydrogen (secondary N) is 2. The van der Waals surface area contributed by atoms with E-state index < -0.39 is 24.0 Å². The van der Waals surface area contributed by atoms with Crippen LogP contribution in [-0.4, -0.2) is 27.5 Å². The molecule has 0 amide bonds. The van der Waals surface area contributed by atoms with Gasteiger partial charge >= 0.3 is 0 Å². The number of allylic oxidation sites excluding steroid dienone is 1. The summed E-state index contributed by atoms with van der Waals surface area (Å²) in [6.07, 6.45) is 1.71. The van der Waals surface area contributed by atoms with Crippen LogP contribution in [0.3, 0.4) is 0 Å². The second-order valence-electron chi connectivity index (χ2n) is 8.89. The lowest BCUT2D eigenvalue weighted by Gasteiger charge is -2.23. The number of hydrogen-bond donors (Lipinski definition) is 3. The van der Waals surface area contributed by atoms with Crippen LogP contribution in [0.15, 0.2) is 42.1 Å². The molecule has 1 aliphatic heterocycles. The van der Waals surface area contributed by atoms with E-state index in [1.807, 2.05) is 0 Å². The molecule has 0 unspecified atom stereocenters. The van der Waals surface area contributed by atoms with Crippen LogP contribution in [0.1, 0.15) is 54.8 Å². The van der Waals surface area contributed by atoms with Crippen molar-refractivity contribution in [1.82, 2.24) is 20.1 Å². The zero-order chi connectivity index (χ0) is 24.7. The van der Waals surface area contributed by atoms with Crippen LogP contribution < -0.4 is 15.8 Å². The van der Waals surface area contributed by atoms with Gasteiger partial charge in [0.25, 0.3) is 6.43 Å². The first-order valence-electron chi connectivity index (χ1n) is 11.4. The monoisotopic (exact) mass is 482 g/mol. The number of halogens is 3. The summed E-state index contributed by atoms with van der Waals surface area (Å²) in [5, 5.41) is 15.7. The van der Waals surface area contributed by atoms with E-state index in [1.165, 1.54) is 35.2 Å². The van der Waals surface area contributed by atoms with Gasteiger partial charge in [-0.2, -0.15) is 5.10 Å². The molecule has 182 valence electrons. The number of benzene rings is 1. The molecule has 2 aromatic heterocycles. The van der Waals surface area contributed by atoms with E-state index in [1.54, 1.807) is 19.2 Å². The Kier molecular flexibility index (Phi) is 5.96. The van der Waals surface area contributed by atoms with Crippen LogP contribution in [-0.2, 0) is 6.42 Å². The molecule has 4 N–H and O–H groups in total. The molecule has 1 atom stereocenters. The zero-order valence-corrected chi connectivity index (χ0v) is 19.1. The van der Waals surface area contributed by atoms with Gasteiger partial charge in [-0.1, -0.05) is 0 Å². The first-order chi connectivity index (χ1) is 16.8. The molecule has 10 heteroatoms. The number of ether oxygens (including phenoxy) is 1. The minimum atomic E-state index is -2.79. The zero-order valence-electron chi connectivity index (χ0n) is 19.1. The molecule has 1 aliphatic carbocycles. The van der Waals surface area contributed by atoms with Gasteiger partial charge in [0.05, 0.1) is 5.69 Å². The smallest absolute Gasteiger partial charge is 0.282 e. The molecule has 2 aliphatic rings. The van der Waals surface area contributed by atoms with Crippen molar-refractivity contribution >= 4 is 17.7 Å². The van der Waals surface area contributed by atoms with Crippen LogP contribution in [0.25, 0.3) is 11.4 Å². The SMILES string of the molecule is C[C@H]1Oc2cc(cnc2N)/C(NCC2CC2)=C(/C=N)Cc2cc(C(F)F)nn2-c2ccc(F)cc21. The van der Waals surface area contributed by atoms with Crippen LogP contribution in [0.2, 0.25) is 0 Å². The molecule has 1 saturated carbocycles. The van der Waals surface area contributed by atoms with Gasteiger partial charge in [-0.05, 0) is 61.6 Å². The molecule has 3 aromatic rings. The number of rotatable bonds is 5. The summed E-state index contributed by atoms with van der Waals surface area (Å²) in [7, 11) is 0. The number of fused-ring (bicyclic) bond motifs is 5. The third-order valence-electron chi connectivity index (χ3n) is 6.29. The van der Waals surface area contributed by atoms with E-state index in [0.29, 0.717) is 52.0 Å². The molecule has 5 rings (SSSR count). The van der Waals surface area contributed by atoms with E-state index in [0.717, 1.165) is 12.8 Å². The van der Waals surface area contributed by atoms with Gasteiger partial charge in [-0.3, -0.25) is 0 Å². The van der Waals surface area contributed by atoms with Gasteiger partial charge in [-0.15, -0.1) is 0 Å². The van der Waals surface area contributed by atoms with Crippen molar-refractivity contribution in [3.8, 4) is 11.4 Å². The average molecular weight is 483 g/mol. The van der Waals surface area contributed by atoms with Crippen LogP contribution in [0.4, 0.5) is 19.0 Å². The van der Waals surface area contributed by atoms with E-state index in [9.17, 15) is 13.2 Å². The molecule has 1 fully saturated rings. The Morgan fingerprint density at radius 3 is 2.80 bits per heavy atom. The summed E-state index contributed by atoms with van der Waals surface area (Å²) in [6.45, 7) is 2.44. The Labute approximate surface area is 200 Å². The van der Waals surface area contributed by atoms with Crippen molar-refractivity contribution in [1.29, 1.82) is 5.41 Å². The lowest BCUT2D eigenvalue weighted by Crippen LogP contribution is -2.20. The van der Waals surface area contributed by atoms with Crippen LogP contribution in [0, 0.1) is 17.1 Å². The highest BCUT2D eigenvalue weighted by Crippen LogP contribution is 2.35. The molecule has 0 radical (unpaired) electrons. The Morgan fingerprint density at radius 2 is 2.09 bits per heavy atom. The lowest BCUT2D eigenvalue weighted by atomic mass is 10.0. The summed E-state index contributed by atoms with van der Waals surface area (Å²) in [4.78, 5) is 4.28. The third kappa shape index (κ3) is 4.60. The molecular weight excluding hydrogens is 457 g/mol. The van der Waals surface area contributed by atoms with Gasteiger partial charge < -0.3 is 21.2 Å². The highest BCUT2D eigenvalue weighted by atomic mass is 19.3. The molecule has 0 spiro atoms. The number of nitrogens with two attached hydrogens (primary N) is 1. The van der Waals surface area contributed by atoms with E-state index in [-0.39, 0.29) is 12.2 Å². The quantitative estimate of drug-likeness (QED) is 0.445. The number of anilines is 1. The predicted octanol–water partition coefficient (Wildman–Crippen LogP) is 4.98. The van der Waals surface area contributed by atoms with Crippen molar-refractivity contribution < 1.29 is 17.9 Å². The summed E-state index contributed by atoms with van der Waals surface area (Å²) in [5.41, 5.74) is 8.81. The largest absolute Gasteiger partial charge is 0.482 e. The maximum absolute atomic E-state index is 14.3. The first kappa shape index (κ1) is 22.9. The van der Waals surface area contributed by atoms with Crippen LogP contribution >= 0.6 is 0 Å². The Bertz CT molecular complexity index is 1310. The predicted molar refractivity (Wildman–Crippen MR) is 126 cm³/mol. The lowest BCUT2D eigenvalue weighted by molar-refractivity contribution is 0.145. The van der Waals surface area contributed by atoms with Crippen molar-refractivity contribution in [2.24, 2.45) is 5.92 Å². The number of aromatic nitrogens is 3. The number of nitrogen functional groups attached to an aromatic ring is 1. The molecule has 0 saturated heterocycles. The van der Waals surface area contributed by atoms with Gasteiger partial charge in [0.1, 0.15) is 17.6 Å². The van der Waals surface area contributed by atoms with Crippen molar-refractivity contribution in [2.45, 2.75) is 38.7 Å². The number of alkyl halides is 2. The standard InChI is InChI=1S/C25H25F3N6O/c1-13-19-8-17(26)4-5-21(19)34-18(9-20(33-34)24(27)28)6-15(10-29)23(31-11-14-2-3-14)16-7-22(35-13)25(30)32-12-16/h4-5,7-10,12-14,24,29,31H,2-3,6,11H2,1H3,(H2,30,32)/b23-15-,29-10?/t13-/m1/s1. The molecule has 2 bridgehead atoms. The fourth-order valence-corrected chi connectivity index (χ4v) is 4.24. The highest BCUT2D eigenvalue weighted by molar-refractivity contribution is 5.89. The van der Waals surface area contributed by atoms with Crippen molar-refractivity contribution in [3.63, 3.8) is 0 Å². The Morgan fingerprint density at radius 1 is 1.29 bits per heavy atom. The third-order valence-corrected chi connectivity index (χ3v) is 6.29. The second kappa shape index (κ2) is 9.09. The summed E-state index contributed by atoms with van der Waals surface area (Å²) in [5.74, 6) is 0.509. The van der Waals surface area contributed by atoms with Crippen molar-refractivity contribution in [3.05, 3.63) is 70.4 Å². The van der Waals surface area contributed by atoms with Gasteiger partial charge in [0.15, 0.2) is 11.6 Å². The molecule has 7 nitrogen and oxygen atoms in total. The minimum absolute atomic E-state index is 0.141. The highest BCUT2D eigenvalue weighted by Gasteiger charge is 2.26. The second-order valence-corrected chi connectivity index (χ2v) is 8.89.